The van der Waals surface area contributed by atoms with E-state index in [1.165, 1.54) is 0 Å². The Kier molecular flexibility index (Phi) is 4.48. The van der Waals surface area contributed by atoms with Crippen LogP contribution in [0.5, 0.6) is 0 Å². The van der Waals surface area contributed by atoms with Gasteiger partial charge in [-0.15, -0.1) is 0 Å². The monoisotopic (exact) mass is 350 g/mol. The Labute approximate surface area is 152 Å². The van der Waals surface area contributed by atoms with Crippen LogP contribution in [0.4, 0.5) is 10.5 Å². The van der Waals surface area contributed by atoms with Crippen molar-refractivity contribution < 1.29 is 9.53 Å². The highest BCUT2D eigenvalue weighted by Gasteiger charge is 2.30. The fourth-order valence-electron chi connectivity index (χ4n) is 3.25. The lowest BCUT2D eigenvalue weighted by Gasteiger charge is -2.36. The van der Waals surface area contributed by atoms with Gasteiger partial charge in [-0.05, 0) is 43.5 Å². The SMILES string of the molecule is Cc1nc2ccc(NC3CC(NC(=O)OCc4ccccc4)C3)cc2[nH]1. The highest BCUT2D eigenvalue weighted by Crippen LogP contribution is 2.26. The molecule has 0 bridgehead atoms. The van der Waals surface area contributed by atoms with Gasteiger partial charge in [-0.3, -0.25) is 0 Å². The molecule has 0 spiro atoms. The number of aromatic nitrogens is 2. The number of hydrogen-bond acceptors (Lipinski definition) is 4. The van der Waals surface area contributed by atoms with E-state index in [1.54, 1.807) is 0 Å². The number of amides is 1. The van der Waals surface area contributed by atoms with Gasteiger partial charge in [0.25, 0.3) is 0 Å². The number of hydrogen-bond donors (Lipinski definition) is 3. The van der Waals surface area contributed by atoms with Crippen LogP contribution < -0.4 is 10.6 Å². The molecule has 0 unspecified atom stereocenters. The van der Waals surface area contributed by atoms with Crippen LogP contribution in [0.2, 0.25) is 0 Å². The first-order chi connectivity index (χ1) is 12.7. The molecule has 6 nitrogen and oxygen atoms in total. The average molecular weight is 350 g/mol. The van der Waals surface area contributed by atoms with E-state index in [4.69, 9.17) is 4.74 Å². The molecule has 1 amide bonds. The molecule has 0 radical (unpaired) electrons. The molecular weight excluding hydrogens is 328 g/mol. The number of benzene rings is 2. The number of nitrogens with zero attached hydrogens (tertiary/aromatic N) is 1. The number of H-pyrrole nitrogens is 1. The third-order valence-electron chi connectivity index (χ3n) is 4.64. The predicted molar refractivity (Wildman–Crippen MR) is 101 cm³/mol. The lowest BCUT2D eigenvalue weighted by molar-refractivity contribution is 0.129. The van der Waals surface area contributed by atoms with Crippen molar-refractivity contribution in [3.8, 4) is 0 Å². The molecule has 6 heteroatoms. The van der Waals surface area contributed by atoms with Crippen LogP contribution in [0.3, 0.4) is 0 Å². The fourth-order valence-corrected chi connectivity index (χ4v) is 3.25. The topological polar surface area (TPSA) is 79.0 Å². The first-order valence-corrected chi connectivity index (χ1v) is 8.86. The number of rotatable bonds is 5. The summed E-state index contributed by atoms with van der Waals surface area (Å²) in [6.45, 7) is 2.25. The maximum Gasteiger partial charge on any atom is 0.407 e. The van der Waals surface area contributed by atoms with Crippen LogP contribution >= 0.6 is 0 Å². The molecule has 1 aliphatic rings. The average Bonchev–Trinajstić information content (AvgIpc) is 2.98. The van der Waals surface area contributed by atoms with Crippen molar-refractivity contribution >= 4 is 22.8 Å². The van der Waals surface area contributed by atoms with E-state index in [2.05, 4.69) is 26.7 Å². The highest BCUT2D eigenvalue weighted by atomic mass is 16.5. The number of ether oxygens (including phenoxy) is 1. The first-order valence-electron chi connectivity index (χ1n) is 8.86. The number of carbonyl (C=O) groups excluding carboxylic acids is 1. The number of imidazole rings is 1. The van der Waals surface area contributed by atoms with Crippen molar-refractivity contribution in [2.45, 2.75) is 38.5 Å². The summed E-state index contributed by atoms with van der Waals surface area (Å²) in [7, 11) is 0. The van der Waals surface area contributed by atoms with Crippen LogP contribution in [0.15, 0.2) is 48.5 Å². The zero-order valence-corrected chi connectivity index (χ0v) is 14.7. The highest BCUT2D eigenvalue weighted by molar-refractivity contribution is 5.79. The zero-order chi connectivity index (χ0) is 17.9. The fraction of sp³-hybridized carbons (Fsp3) is 0.300. The smallest absolute Gasteiger partial charge is 0.407 e. The molecule has 3 N–H and O–H groups in total. The molecule has 2 aromatic carbocycles. The Hall–Kier alpha value is -3.02. The van der Waals surface area contributed by atoms with E-state index >= 15 is 0 Å². The van der Waals surface area contributed by atoms with Crippen LogP contribution in [0.1, 0.15) is 24.2 Å². The normalized spacial score (nSPS) is 19.0. The maximum absolute atomic E-state index is 11.9. The molecule has 4 rings (SSSR count). The molecule has 0 aliphatic heterocycles. The minimum Gasteiger partial charge on any atom is -0.445 e. The molecule has 1 saturated carbocycles. The van der Waals surface area contributed by atoms with Gasteiger partial charge in [0.2, 0.25) is 0 Å². The van der Waals surface area contributed by atoms with Gasteiger partial charge in [0.05, 0.1) is 11.0 Å². The lowest BCUT2D eigenvalue weighted by atomic mass is 9.86. The number of nitrogens with one attached hydrogen (secondary N) is 3. The standard InChI is InChI=1S/C20H22N4O2/c1-13-21-18-8-7-15(11-19(18)22-13)23-16-9-17(10-16)24-20(25)26-12-14-5-3-2-4-6-14/h2-8,11,16-17,23H,9-10,12H2,1H3,(H,21,22)(H,24,25). The van der Waals surface area contributed by atoms with E-state index in [-0.39, 0.29) is 12.1 Å². The summed E-state index contributed by atoms with van der Waals surface area (Å²) in [5.41, 5.74) is 4.06. The minimum absolute atomic E-state index is 0.161. The Bertz CT molecular complexity index is 901. The van der Waals surface area contributed by atoms with Gasteiger partial charge >= 0.3 is 6.09 Å². The van der Waals surface area contributed by atoms with Gasteiger partial charge < -0.3 is 20.4 Å². The van der Waals surface area contributed by atoms with Crippen LogP contribution in [0.25, 0.3) is 11.0 Å². The number of carbonyl (C=O) groups is 1. The predicted octanol–water partition coefficient (Wildman–Crippen LogP) is 3.74. The van der Waals surface area contributed by atoms with Gasteiger partial charge in [-0.25, -0.2) is 9.78 Å². The van der Waals surface area contributed by atoms with Gasteiger partial charge in [0, 0.05) is 17.8 Å². The number of anilines is 1. The Morgan fingerprint density at radius 3 is 2.81 bits per heavy atom. The number of alkyl carbamates (subject to hydrolysis) is 1. The summed E-state index contributed by atoms with van der Waals surface area (Å²) >= 11 is 0. The second-order valence-corrected chi connectivity index (χ2v) is 6.77. The Balaban J connectivity index is 1.21. The van der Waals surface area contributed by atoms with Gasteiger partial charge in [-0.1, -0.05) is 30.3 Å². The summed E-state index contributed by atoms with van der Waals surface area (Å²) < 4.78 is 5.26. The summed E-state index contributed by atoms with van der Waals surface area (Å²) in [6.07, 6.45) is 1.42. The summed E-state index contributed by atoms with van der Waals surface area (Å²) in [5, 5.41) is 6.42. The number of fused-ring (bicyclic) bond motifs is 1. The van der Waals surface area contributed by atoms with Crippen molar-refractivity contribution in [3.63, 3.8) is 0 Å². The van der Waals surface area contributed by atoms with E-state index in [0.29, 0.717) is 12.6 Å². The largest absolute Gasteiger partial charge is 0.445 e. The van der Waals surface area contributed by atoms with Crippen molar-refractivity contribution in [1.29, 1.82) is 0 Å². The van der Waals surface area contributed by atoms with Crippen molar-refractivity contribution in [3.05, 3.63) is 59.9 Å². The van der Waals surface area contributed by atoms with Gasteiger partial charge in [-0.2, -0.15) is 0 Å². The molecule has 0 saturated heterocycles. The van der Waals surface area contributed by atoms with Crippen molar-refractivity contribution in [2.75, 3.05) is 5.32 Å². The van der Waals surface area contributed by atoms with Crippen LogP contribution in [-0.2, 0) is 11.3 Å². The zero-order valence-electron chi connectivity index (χ0n) is 14.7. The second-order valence-electron chi connectivity index (χ2n) is 6.77. The van der Waals surface area contributed by atoms with E-state index < -0.39 is 0 Å². The van der Waals surface area contributed by atoms with Crippen molar-refractivity contribution in [1.82, 2.24) is 15.3 Å². The molecule has 1 aromatic heterocycles. The minimum atomic E-state index is -0.355. The third kappa shape index (κ3) is 3.79. The molecule has 134 valence electrons. The van der Waals surface area contributed by atoms with Gasteiger partial charge in [0.15, 0.2) is 0 Å². The van der Waals surface area contributed by atoms with Crippen LogP contribution in [-0.4, -0.2) is 28.1 Å². The Morgan fingerprint density at radius 2 is 2.00 bits per heavy atom. The van der Waals surface area contributed by atoms with E-state index in [0.717, 1.165) is 41.0 Å². The summed E-state index contributed by atoms with van der Waals surface area (Å²) in [6, 6.07) is 16.3. The molecule has 3 aromatic rings. The molecule has 1 aliphatic carbocycles. The lowest BCUT2D eigenvalue weighted by Crippen LogP contribution is -2.49. The van der Waals surface area contributed by atoms with Crippen LogP contribution in [0, 0.1) is 6.92 Å². The second kappa shape index (κ2) is 7.07. The van der Waals surface area contributed by atoms with Gasteiger partial charge in [0.1, 0.15) is 12.4 Å². The Morgan fingerprint density at radius 1 is 1.19 bits per heavy atom. The third-order valence-corrected chi connectivity index (χ3v) is 4.64. The van der Waals surface area contributed by atoms with E-state index in [9.17, 15) is 4.79 Å². The molecule has 1 fully saturated rings. The number of aryl methyl sites for hydroxylation is 1. The van der Waals surface area contributed by atoms with Crippen molar-refractivity contribution in [2.24, 2.45) is 0 Å². The quantitative estimate of drug-likeness (QED) is 0.655. The van der Waals surface area contributed by atoms with E-state index in [1.807, 2.05) is 49.4 Å². The molecule has 26 heavy (non-hydrogen) atoms. The summed E-state index contributed by atoms with van der Waals surface area (Å²) in [5.74, 6) is 0.916. The summed E-state index contributed by atoms with van der Waals surface area (Å²) in [4.78, 5) is 19.5. The first kappa shape index (κ1) is 16.4. The molecule has 1 heterocycles. The maximum atomic E-state index is 11.9. The molecular formula is C20H22N4O2. The molecule has 0 atom stereocenters. The number of aromatic amines is 1.